The van der Waals surface area contributed by atoms with Crippen molar-refractivity contribution in [3.63, 3.8) is 0 Å². The Morgan fingerprint density at radius 2 is 2.04 bits per heavy atom. The number of ether oxygens (including phenoxy) is 2. The highest BCUT2D eigenvalue weighted by Crippen LogP contribution is 2.32. The average molecular weight is 378 g/mol. The van der Waals surface area contributed by atoms with Gasteiger partial charge in [-0.1, -0.05) is 22.0 Å². The molecular formula is C18H20BrNO3. The van der Waals surface area contributed by atoms with Crippen LogP contribution >= 0.6 is 15.9 Å². The first-order valence-corrected chi connectivity index (χ1v) is 8.83. The first-order chi connectivity index (χ1) is 11.2. The fourth-order valence-electron chi connectivity index (χ4n) is 3.06. The third-order valence-corrected chi connectivity index (χ3v) is 4.77. The van der Waals surface area contributed by atoms with Gasteiger partial charge in [-0.25, -0.2) is 0 Å². The molecule has 0 aliphatic heterocycles. The molecule has 0 N–H and O–H groups in total. The largest absolute Gasteiger partial charge is 0.488 e. The number of fused-ring (bicyclic) bond motifs is 1. The molecular weight excluding hydrogens is 358 g/mol. The number of halogens is 1. The van der Waals surface area contributed by atoms with E-state index < -0.39 is 0 Å². The van der Waals surface area contributed by atoms with Gasteiger partial charge in [0, 0.05) is 21.4 Å². The van der Waals surface area contributed by atoms with Gasteiger partial charge in [0.2, 0.25) is 0 Å². The summed E-state index contributed by atoms with van der Waals surface area (Å²) >= 11 is 3.50. The van der Waals surface area contributed by atoms with Crippen LogP contribution in [0.1, 0.15) is 32.6 Å². The van der Waals surface area contributed by atoms with Crippen molar-refractivity contribution in [1.29, 1.82) is 0 Å². The van der Waals surface area contributed by atoms with E-state index in [1.54, 1.807) is 6.20 Å². The SMILES string of the molecule is CCOC(=O)C1CCC(Oc2cncc3ccc(Br)cc23)CC1. The minimum atomic E-state index is -0.0679. The van der Waals surface area contributed by atoms with Gasteiger partial charge in [0.05, 0.1) is 24.8 Å². The van der Waals surface area contributed by atoms with Crippen molar-refractivity contribution >= 4 is 32.7 Å². The molecule has 0 bridgehead atoms. The second-order valence-electron chi connectivity index (χ2n) is 5.85. The zero-order chi connectivity index (χ0) is 16.2. The number of rotatable bonds is 4. The minimum absolute atomic E-state index is 0.0228. The molecule has 2 aromatic rings. The standard InChI is InChI=1S/C18H20BrNO3/c1-2-22-18(21)12-4-7-15(8-5-12)23-17-11-20-10-13-3-6-14(19)9-16(13)17/h3,6,9-12,15H,2,4-5,7-8H2,1H3. The molecule has 0 amide bonds. The van der Waals surface area contributed by atoms with Gasteiger partial charge in [-0.3, -0.25) is 9.78 Å². The molecule has 1 heterocycles. The van der Waals surface area contributed by atoms with Crippen LogP contribution in [-0.4, -0.2) is 23.7 Å². The van der Waals surface area contributed by atoms with E-state index in [0.29, 0.717) is 6.61 Å². The van der Waals surface area contributed by atoms with E-state index in [4.69, 9.17) is 9.47 Å². The van der Waals surface area contributed by atoms with Crippen LogP contribution in [0.15, 0.2) is 35.1 Å². The molecule has 1 fully saturated rings. The Morgan fingerprint density at radius 3 is 2.78 bits per heavy atom. The van der Waals surface area contributed by atoms with Crippen LogP contribution < -0.4 is 4.74 Å². The Bertz CT molecular complexity index is 696. The van der Waals surface area contributed by atoms with Crippen molar-refractivity contribution < 1.29 is 14.3 Å². The van der Waals surface area contributed by atoms with E-state index in [-0.39, 0.29) is 18.0 Å². The summed E-state index contributed by atoms with van der Waals surface area (Å²) in [4.78, 5) is 16.1. The van der Waals surface area contributed by atoms with Gasteiger partial charge >= 0.3 is 5.97 Å². The van der Waals surface area contributed by atoms with Crippen LogP contribution in [0.2, 0.25) is 0 Å². The summed E-state index contributed by atoms with van der Waals surface area (Å²) in [7, 11) is 0. The van der Waals surface area contributed by atoms with E-state index >= 15 is 0 Å². The zero-order valence-electron chi connectivity index (χ0n) is 13.1. The Labute approximate surface area is 144 Å². The lowest BCUT2D eigenvalue weighted by atomic mass is 9.87. The summed E-state index contributed by atoms with van der Waals surface area (Å²) in [5.74, 6) is 0.764. The number of aromatic nitrogens is 1. The molecule has 0 radical (unpaired) electrons. The Balaban J connectivity index is 1.67. The summed E-state index contributed by atoms with van der Waals surface area (Å²) in [6, 6.07) is 6.08. The first-order valence-electron chi connectivity index (χ1n) is 8.04. The first kappa shape index (κ1) is 16.2. The van der Waals surface area contributed by atoms with E-state index in [1.165, 1.54) is 0 Å². The third-order valence-electron chi connectivity index (χ3n) is 4.27. The molecule has 0 unspecified atom stereocenters. The molecule has 1 aliphatic rings. The highest BCUT2D eigenvalue weighted by atomic mass is 79.9. The van der Waals surface area contributed by atoms with Gasteiger partial charge < -0.3 is 9.47 Å². The predicted molar refractivity (Wildman–Crippen MR) is 92.5 cm³/mol. The maximum atomic E-state index is 11.8. The molecule has 1 saturated carbocycles. The number of pyridine rings is 1. The number of nitrogens with zero attached hydrogens (tertiary/aromatic N) is 1. The summed E-state index contributed by atoms with van der Waals surface area (Å²) in [5.41, 5.74) is 0. The smallest absolute Gasteiger partial charge is 0.308 e. The van der Waals surface area contributed by atoms with E-state index in [9.17, 15) is 4.79 Å². The predicted octanol–water partition coefficient (Wildman–Crippen LogP) is 4.50. The Hall–Kier alpha value is -1.62. The Kier molecular flexibility index (Phi) is 5.16. The fraction of sp³-hybridized carbons (Fsp3) is 0.444. The molecule has 0 atom stereocenters. The molecule has 1 aromatic carbocycles. The lowest BCUT2D eigenvalue weighted by Gasteiger charge is -2.28. The maximum Gasteiger partial charge on any atom is 0.308 e. The van der Waals surface area contributed by atoms with Crippen LogP contribution in [0.5, 0.6) is 5.75 Å². The molecule has 1 aliphatic carbocycles. The van der Waals surface area contributed by atoms with Crippen LogP contribution in [-0.2, 0) is 9.53 Å². The van der Waals surface area contributed by atoms with Crippen molar-refractivity contribution in [2.24, 2.45) is 5.92 Å². The molecule has 0 spiro atoms. The maximum absolute atomic E-state index is 11.8. The number of carbonyl (C=O) groups is 1. The van der Waals surface area contributed by atoms with Crippen LogP contribution in [0.3, 0.4) is 0 Å². The second kappa shape index (κ2) is 7.30. The van der Waals surface area contributed by atoms with Gasteiger partial charge in [-0.15, -0.1) is 0 Å². The molecule has 0 saturated heterocycles. The van der Waals surface area contributed by atoms with Crippen molar-refractivity contribution in [3.8, 4) is 5.75 Å². The third kappa shape index (κ3) is 3.83. The van der Waals surface area contributed by atoms with E-state index in [1.807, 2.05) is 25.3 Å². The summed E-state index contributed by atoms with van der Waals surface area (Å²) < 4.78 is 12.3. The fourth-order valence-corrected chi connectivity index (χ4v) is 3.42. The van der Waals surface area contributed by atoms with Gasteiger partial charge in [0.25, 0.3) is 0 Å². The number of benzene rings is 1. The lowest BCUT2D eigenvalue weighted by Crippen LogP contribution is -2.29. The lowest BCUT2D eigenvalue weighted by molar-refractivity contribution is -0.149. The van der Waals surface area contributed by atoms with Crippen molar-refractivity contribution in [2.45, 2.75) is 38.7 Å². The van der Waals surface area contributed by atoms with Crippen molar-refractivity contribution in [2.75, 3.05) is 6.61 Å². The number of hydrogen-bond acceptors (Lipinski definition) is 4. The summed E-state index contributed by atoms with van der Waals surface area (Å²) in [6.45, 7) is 2.30. The van der Waals surface area contributed by atoms with E-state index in [0.717, 1.165) is 46.7 Å². The van der Waals surface area contributed by atoms with Crippen molar-refractivity contribution in [3.05, 3.63) is 35.1 Å². The van der Waals surface area contributed by atoms with Gasteiger partial charge in [-0.05, 0) is 44.7 Å². The van der Waals surface area contributed by atoms with E-state index in [2.05, 4.69) is 27.0 Å². The average Bonchev–Trinajstić information content (AvgIpc) is 2.56. The number of esters is 1. The summed E-state index contributed by atoms with van der Waals surface area (Å²) in [6.07, 6.45) is 7.13. The highest BCUT2D eigenvalue weighted by molar-refractivity contribution is 9.10. The minimum Gasteiger partial charge on any atom is -0.488 e. The van der Waals surface area contributed by atoms with Gasteiger partial charge in [0.15, 0.2) is 0 Å². The molecule has 1 aromatic heterocycles. The van der Waals surface area contributed by atoms with Crippen molar-refractivity contribution in [1.82, 2.24) is 4.98 Å². The monoisotopic (exact) mass is 377 g/mol. The van der Waals surface area contributed by atoms with Gasteiger partial charge in [0.1, 0.15) is 5.75 Å². The highest BCUT2D eigenvalue weighted by Gasteiger charge is 2.28. The Morgan fingerprint density at radius 1 is 1.26 bits per heavy atom. The second-order valence-corrected chi connectivity index (χ2v) is 6.76. The molecule has 4 nitrogen and oxygen atoms in total. The van der Waals surface area contributed by atoms with Gasteiger partial charge in [-0.2, -0.15) is 0 Å². The quantitative estimate of drug-likeness (QED) is 0.736. The molecule has 23 heavy (non-hydrogen) atoms. The molecule has 3 rings (SSSR count). The van der Waals surface area contributed by atoms with Crippen LogP contribution in [0.25, 0.3) is 10.8 Å². The van der Waals surface area contributed by atoms with Crippen LogP contribution in [0, 0.1) is 5.92 Å². The number of hydrogen-bond donors (Lipinski definition) is 0. The molecule has 5 heteroatoms. The van der Waals surface area contributed by atoms with Crippen LogP contribution in [0.4, 0.5) is 0 Å². The number of carbonyl (C=O) groups excluding carboxylic acids is 1. The summed E-state index contributed by atoms with van der Waals surface area (Å²) in [5, 5.41) is 2.12. The zero-order valence-corrected chi connectivity index (χ0v) is 14.7. The topological polar surface area (TPSA) is 48.4 Å². The normalized spacial score (nSPS) is 21.1. The molecule has 122 valence electrons.